The van der Waals surface area contributed by atoms with E-state index in [1.807, 2.05) is 0 Å². The molecule has 0 amide bonds. The van der Waals surface area contributed by atoms with Crippen molar-refractivity contribution < 1.29 is 19.7 Å². The molecule has 1 aliphatic heterocycles. The summed E-state index contributed by atoms with van der Waals surface area (Å²) in [5.74, 6) is -1.47. The van der Waals surface area contributed by atoms with Gasteiger partial charge in [-0.05, 0) is 18.9 Å². The second-order valence-corrected chi connectivity index (χ2v) is 3.43. The maximum atomic E-state index is 10.8. The van der Waals surface area contributed by atoms with Crippen molar-refractivity contribution in [3.63, 3.8) is 0 Å². The first-order valence-electron chi connectivity index (χ1n) is 4.72. The fourth-order valence-electron chi connectivity index (χ4n) is 1.62. The molecule has 0 aliphatic carbocycles. The first-order valence-corrected chi connectivity index (χ1v) is 4.72. The number of carboxylic acids is 1. The molecule has 0 saturated carbocycles. The molecule has 15 heavy (non-hydrogen) atoms. The molecule has 2 heterocycles. The summed E-state index contributed by atoms with van der Waals surface area (Å²) in [5, 5.41) is 18.1. The monoisotopic (exact) mass is 209 g/mol. The predicted octanol–water partition coefficient (Wildman–Crippen LogP) is 1.34. The van der Waals surface area contributed by atoms with Crippen molar-refractivity contribution in [1.29, 1.82) is 0 Å². The zero-order chi connectivity index (χ0) is 10.8. The predicted molar refractivity (Wildman–Crippen MR) is 50.8 cm³/mol. The van der Waals surface area contributed by atoms with Gasteiger partial charge in [-0.15, -0.1) is 0 Å². The Labute approximate surface area is 86.3 Å². The third-order valence-electron chi connectivity index (χ3n) is 2.39. The lowest BCUT2D eigenvalue weighted by molar-refractivity contribution is 0.0692. The molecule has 80 valence electrons. The van der Waals surface area contributed by atoms with Gasteiger partial charge >= 0.3 is 5.97 Å². The quantitative estimate of drug-likeness (QED) is 0.768. The van der Waals surface area contributed by atoms with Gasteiger partial charge < -0.3 is 14.9 Å². The van der Waals surface area contributed by atoms with Crippen LogP contribution in [0.15, 0.2) is 12.3 Å². The van der Waals surface area contributed by atoms with Crippen LogP contribution < -0.4 is 0 Å². The number of aromatic nitrogens is 1. The molecule has 1 aliphatic rings. The Balaban J connectivity index is 2.33. The van der Waals surface area contributed by atoms with Crippen molar-refractivity contribution >= 4 is 5.97 Å². The molecule has 0 radical (unpaired) electrons. The van der Waals surface area contributed by atoms with E-state index in [1.54, 1.807) is 0 Å². The molecule has 1 saturated heterocycles. The summed E-state index contributed by atoms with van der Waals surface area (Å²) in [4.78, 5) is 14.7. The molecule has 2 rings (SSSR count). The van der Waals surface area contributed by atoms with E-state index in [9.17, 15) is 9.90 Å². The summed E-state index contributed by atoms with van der Waals surface area (Å²) < 4.78 is 5.38. The van der Waals surface area contributed by atoms with E-state index in [0.29, 0.717) is 12.3 Å². The highest BCUT2D eigenvalue weighted by atomic mass is 16.5. The van der Waals surface area contributed by atoms with E-state index in [0.717, 1.165) is 19.0 Å². The van der Waals surface area contributed by atoms with Crippen molar-refractivity contribution in [2.75, 3.05) is 6.61 Å². The summed E-state index contributed by atoms with van der Waals surface area (Å²) in [7, 11) is 0. The third kappa shape index (κ3) is 1.92. The molecular weight excluding hydrogens is 198 g/mol. The van der Waals surface area contributed by atoms with Gasteiger partial charge in [0, 0.05) is 6.61 Å². The lowest BCUT2D eigenvalue weighted by Crippen LogP contribution is -2.04. The molecule has 1 aromatic rings. The van der Waals surface area contributed by atoms with E-state index < -0.39 is 5.97 Å². The van der Waals surface area contributed by atoms with E-state index in [1.165, 1.54) is 6.07 Å². The van der Waals surface area contributed by atoms with E-state index in [2.05, 4.69) is 4.98 Å². The highest BCUT2D eigenvalue weighted by molar-refractivity contribution is 5.90. The number of hydrogen-bond acceptors (Lipinski definition) is 4. The van der Waals surface area contributed by atoms with Gasteiger partial charge in [0.2, 0.25) is 0 Å². The fraction of sp³-hybridized carbons (Fsp3) is 0.400. The molecule has 0 bridgehead atoms. The van der Waals surface area contributed by atoms with Crippen molar-refractivity contribution in [3.8, 4) is 5.75 Å². The maximum Gasteiger partial charge on any atom is 0.339 e. The highest BCUT2D eigenvalue weighted by Crippen LogP contribution is 2.29. The molecule has 1 fully saturated rings. The number of rotatable bonds is 2. The van der Waals surface area contributed by atoms with Crippen molar-refractivity contribution in [3.05, 3.63) is 23.5 Å². The Morgan fingerprint density at radius 1 is 1.60 bits per heavy atom. The number of nitrogens with zero attached hydrogens (tertiary/aromatic N) is 1. The van der Waals surface area contributed by atoms with Crippen LogP contribution >= 0.6 is 0 Å². The van der Waals surface area contributed by atoms with E-state index in [-0.39, 0.29) is 17.4 Å². The number of hydrogen-bond donors (Lipinski definition) is 2. The number of aromatic carboxylic acids is 1. The van der Waals surface area contributed by atoms with E-state index >= 15 is 0 Å². The summed E-state index contributed by atoms with van der Waals surface area (Å²) in [5.41, 5.74) is 0.443. The normalized spacial score (nSPS) is 20.4. The Morgan fingerprint density at radius 3 is 3.00 bits per heavy atom. The second-order valence-electron chi connectivity index (χ2n) is 3.43. The van der Waals surface area contributed by atoms with Crippen LogP contribution in [0.3, 0.4) is 0 Å². The van der Waals surface area contributed by atoms with Crippen LogP contribution in [-0.2, 0) is 4.74 Å². The summed E-state index contributed by atoms with van der Waals surface area (Å²) in [6.07, 6.45) is 2.82. The van der Waals surface area contributed by atoms with Gasteiger partial charge in [0.25, 0.3) is 0 Å². The first kappa shape index (κ1) is 9.92. The van der Waals surface area contributed by atoms with Gasteiger partial charge in [-0.25, -0.2) is 4.79 Å². The number of aromatic hydroxyl groups is 1. The van der Waals surface area contributed by atoms with Crippen LogP contribution in [0.5, 0.6) is 5.75 Å². The lowest BCUT2D eigenvalue weighted by Gasteiger charge is -2.09. The Hall–Kier alpha value is -1.62. The average Bonchev–Trinajstić information content (AvgIpc) is 2.71. The molecule has 1 aromatic heterocycles. The molecule has 1 unspecified atom stereocenters. The van der Waals surface area contributed by atoms with Gasteiger partial charge in [-0.3, -0.25) is 4.98 Å². The average molecular weight is 209 g/mol. The van der Waals surface area contributed by atoms with Crippen molar-refractivity contribution in [2.45, 2.75) is 18.9 Å². The van der Waals surface area contributed by atoms with Crippen LogP contribution in [0.2, 0.25) is 0 Å². The lowest BCUT2D eigenvalue weighted by atomic mass is 10.1. The maximum absolute atomic E-state index is 10.8. The molecule has 1 atom stereocenters. The molecule has 2 N–H and O–H groups in total. The van der Waals surface area contributed by atoms with Crippen molar-refractivity contribution in [1.82, 2.24) is 4.98 Å². The molecule has 0 aromatic carbocycles. The van der Waals surface area contributed by atoms with Crippen molar-refractivity contribution in [2.24, 2.45) is 0 Å². The van der Waals surface area contributed by atoms with Gasteiger partial charge in [-0.1, -0.05) is 0 Å². The van der Waals surface area contributed by atoms with Gasteiger partial charge in [-0.2, -0.15) is 0 Å². The smallest absolute Gasteiger partial charge is 0.339 e. The zero-order valence-corrected chi connectivity index (χ0v) is 8.01. The zero-order valence-electron chi connectivity index (χ0n) is 8.01. The van der Waals surface area contributed by atoms with Crippen LogP contribution in [0.4, 0.5) is 0 Å². The minimum Gasteiger partial charge on any atom is -0.505 e. The topological polar surface area (TPSA) is 79.7 Å². The minimum atomic E-state index is -1.16. The van der Waals surface area contributed by atoms with Gasteiger partial charge in [0.15, 0.2) is 0 Å². The number of ether oxygens (including phenoxy) is 1. The molecule has 5 nitrogen and oxygen atoms in total. The highest BCUT2D eigenvalue weighted by Gasteiger charge is 2.21. The third-order valence-corrected chi connectivity index (χ3v) is 2.39. The van der Waals surface area contributed by atoms with Crippen LogP contribution in [0, 0.1) is 0 Å². The number of pyridine rings is 1. The summed E-state index contributed by atoms with van der Waals surface area (Å²) >= 11 is 0. The Morgan fingerprint density at radius 2 is 2.40 bits per heavy atom. The molecular formula is C10H11NO4. The Bertz CT molecular complexity index is 385. The van der Waals surface area contributed by atoms with Crippen LogP contribution in [0.1, 0.15) is 35.0 Å². The minimum absolute atomic E-state index is 0.129. The largest absolute Gasteiger partial charge is 0.505 e. The summed E-state index contributed by atoms with van der Waals surface area (Å²) in [6, 6.07) is 1.37. The SMILES string of the molecule is O=C(O)c1cc(C2CCCO2)ncc1O. The van der Waals surface area contributed by atoms with Gasteiger partial charge in [0.05, 0.1) is 18.0 Å². The second kappa shape index (κ2) is 3.86. The van der Waals surface area contributed by atoms with Crippen LogP contribution in [-0.4, -0.2) is 27.8 Å². The Kier molecular flexibility index (Phi) is 2.55. The standard InChI is InChI=1S/C10H11NO4/c12-8-5-11-7(4-6(8)10(13)14)9-2-1-3-15-9/h4-5,9,12H,1-3H2,(H,13,14). The first-order chi connectivity index (χ1) is 7.18. The number of carbonyl (C=O) groups is 1. The van der Waals surface area contributed by atoms with E-state index in [4.69, 9.17) is 9.84 Å². The molecule has 0 spiro atoms. The van der Waals surface area contributed by atoms with Crippen LogP contribution in [0.25, 0.3) is 0 Å². The van der Waals surface area contributed by atoms with Gasteiger partial charge in [0.1, 0.15) is 11.3 Å². The molecule has 5 heteroatoms. The fourth-order valence-corrected chi connectivity index (χ4v) is 1.62. The summed E-state index contributed by atoms with van der Waals surface area (Å²) in [6.45, 7) is 0.676. The number of carboxylic acid groups (broad SMARTS) is 1.